The zero-order chi connectivity index (χ0) is 10.8. The van der Waals surface area contributed by atoms with Crippen molar-refractivity contribution in [2.75, 3.05) is 11.4 Å². The molecule has 0 radical (unpaired) electrons. The second-order valence-electron chi connectivity index (χ2n) is 3.37. The van der Waals surface area contributed by atoms with Gasteiger partial charge >= 0.3 is 0 Å². The molecule has 5 heteroatoms. The average molecular weight is 225 g/mol. The Balaban J connectivity index is 2.22. The number of rotatable bonds is 2. The van der Waals surface area contributed by atoms with Crippen molar-refractivity contribution < 1.29 is 9.59 Å². The molecule has 1 aromatic rings. The Morgan fingerprint density at radius 2 is 2.33 bits per heavy atom. The minimum absolute atomic E-state index is 0.0265. The van der Waals surface area contributed by atoms with Gasteiger partial charge in [-0.2, -0.15) is 0 Å². The van der Waals surface area contributed by atoms with Crippen LogP contribution >= 0.6 is 11.6 Å². The van der Waals surface area contributed by atoms with Gasteiger partial charge in [-0.25, -0.2) is 4.98 Å². The molecule has 0 spiro atoms. The van der Waals surface area contributed by atoms with Gasteiger partial charge in [-0.3, -0.25) is 14.5 Å². The fourth-order valence-electron chi connectivity index (χ4n) is 1.51. The van der Waals surface area contributed by atoms with E-state index in [9.17, 15) is 9.59 Å². The van der Waals surface area contributed by atoms with Crippen molar-refractivity contribution in [3.8, 4) is 0 Å². The molecule has 4 nitrogen and oxygen atoms in total. The van der Waals surface area contributed by atoms with Gasteiger partial charge in [0.15, 0.2) is 6.29 Å². The summed E-state index contributed by atoms with van der Waals surface area (Å²) in [5, 5.41) is -0.148. The van der Waals surface area contributed by atoms with Crippen LogP contribution in [0.5, 0.6) is 0 Å². The van der Waals surface area contributed by atoms with Gasteiger partial charge in [-0.05, 0) is 12.1 Å². The minimum Gasteiger partial charge on any atom is -0.298 e. The summed E-state index contributed by atoms with van der Waals surface area (Å²) in [6.07, 6.45) is 2.50. The van der Waals surface area contributed by atoms with Crippen LogP contribution in [0.1, 0.15) is 16.8 Å². The van der Waals surface area contributed by atoms with Crippen LogP contribution in [0.4, 0.5) is 5.82 Å². The first-order valence-electron chi connectivity index (χ1n) is 4.56. The number of halogens is 1. The summed E-state index contributed by atoms with van der Waals surface area (Å²) in [6, 6.07) is 3.28. The number of hydrogen-bond acceptors (Lipinski definition) is 3. The number of nitrogens with zero attached hydrogens (tertiary/aromatic N) is 2. The number of carbonyl (C=O) groups is 2. The van der Waals surface area contributed by atoms with E-state index in [1.165, 1.54) is 11.1 Å². The first kappa shape index (κ1) is 10.1. The lowest BCUT2D eigenvalue weighted by atomic mass is 10.3. The van der Waals surface area contributed by atoms with Crippen molar-refractivity contribution >= 4 is 29.6 Å². The summed E-state index contributed by atoms with van der Waals surface area (Å²) in [5.74, 6) is 0.523. The van der Waals surface area contributed by atoms with Crippen molar-refractivity contribution in [2.24, 2.45) is 0 Å². The molecule has 1 atom stereocenters. The zero-order valence-corrected chi connectivity index (χ0v) is 8.65. The van der Waals surface area contributed by atoms with Crippen LogP contribution in [0, 0.1) is 0 Å². The van der Waals surface area contributed by atoms with Gasteiger partial charge < -0.3 is 0 Å². The maximum atomic E-state index is 11.5. The maximum Gasteiger partial charge on any atom is 0.229 e. The molecular formula is C10H9ClN2O2. The number of aromatic nitrogens is 1. The summed E-state index contributed by atoms with van der Waals surface area (Å²) in [7, 11) is 0. The van der Waals surface area contributed by atoms with Crippen LogP contribution in [0.25, 0.3) is 0 Å². The van der Waals surface area contributed by atoms with Gasteiger partial charge in [0.1, 0.15) is 5.82 Å². The molecule has 78 valence electrons. The topological polar surface area (TPSA) is 50.3 Å². The molecule has 0 saturated carbocycles. The second-order valence-corrected chi connectivity index (χ2v) is 3.99. The molecule has 15 heavy (non-hydrogen) atoms. The molecule has 0 bridgehead atoms. The van der Waals surface area contributed by atoms with E-state index in [0.717, 1.165) is 0 Å². The fourth-order valence-corrected chi connectivity index (χ4v) is 1.78. The lowest BCUT2D eigenvalue weighted by Crippen LogP contribution is -2.25. The standard InChI is InChI=1S/C10H9ClN2O2/c11-8-3-10(15)13(5-8)9-2-1-7(6-14)4-12-9/h1-2,4,6,8H,3,5H2. The molecule has 2 rings (SSSR count). The van der Waals surface area contributed by atoms with E-state index in [1.807, 2.05) is 0 Å². The van der Waals surface area contributed by atoms with E-state index in [1.54, 1.807) is 12.1 Å². The van der Waals surface area contributed by atoms with E-state index in [4.69, 9.17) is 11.6 Å². The van der Waals surface area contributed by atoms with Gasteiger partial charge in [0.05, 0.1) is 5.38 Å². The molecule has 1 saturated heterocycles. The molecule has 2 heterocycles. The van der Waals surface area contributed by atoms with Gasteiger partial charge in [-0.15, -0.1) is 11.6 Å². The smallest absolute Gasteiger partial charge is 0.229 e. The first-order valence-corrected chi connectivity index (χ1v) is 5.00. The molecule has 1 unspecified atom stereocenters. The zero-order valence-electron chi connectivity index (χ0n) is 7.89. The third-order valence-electron chi connectivity index (χ3n) is 2.26. The minimum atomic E-state index is -0.148. The Morgan fingerprint density at radius 1 is 1.53 bits per heavy atom. The summed E-state index contributed by atoms with van der Waals surface area (Å²) >= 11 is 5.86. The van der Waals surface area contributed by atoms with Crippen LogP contribution in [-0.2, 0) is 4.79 Å². The number of carbonyl (C=O) groups excluding carboxylic acids is 2. The van der Waals surface area contributed by atoms with E-state index in [2.05, 4.69) is 4.98 Å². The van der Waals surface area contributed by atoms with Crippen LogP contribution in [-0.4, -0.2) is 29.1 Å². The Kier molecular flexibility index (Phi) is 2.68. The van der Waals surface area contributed by atoms with Gasteiger partial charge in [0.25, 0.3) is 0 Å². The van der Waals surface area contributed by atoms with Crippen molar-refractivity contribution in [1.82, 2.24) is 4.98 Å². The summed E-state index contributed by atoms with van der Waals surface area (Å²) < 4.78 is 0. The number of anilines is 1. The highest BCUT2D eigenvalue weighted by Gasteiger charge is 2.29. The molecule has 1 aromatic heterocycles. The maximum absolute atomic E-state index is 11.5. The predicted octanol–water partition coefficient (Wildman–Crippen LogP) is 1.24. The highest BCUT2D eigenvalue weighted by Crippen LogP contribution is 2.22. The van der Waals surface area contributed by atoms with Crippen molar-refractivity contribution in [3.05, 3.63) is 23.9 Å². The van der Waals surface area contributed by atoms with E-state index in [-0.39, 0.29) is 11.3 Å². The Morgan fingerprint density at radius 3 is 2.80 bits per heavy atom. The molecule has 1 amide bonds. The normalized spacial score (nSPS) is 20.7. The van der Waals surface area contributed by atoms with Crippen molar-refractivity contribution in [2.45, 2.75) is 11.8 Å². The monoisotopic (exact) mass is 224 g/mol. The highest BCUT2D eigenvalue weighted by atomic mass is 35.5. The van der Waals surface area contributed by atoms with Crippen LogP contribution < -0.4 is 4.90 Å². The SMILES string of the molecule is O=Cc1ccc(N2CC(Cl)CC2=O)nc1. The first-order chi connectivity index (χ1) is 7.20. The van der Waals surface area contributed by atoms with E-state index < -0.39 is 0 Å². The molecule has 0 aromatic carbocycles. The third kappa shape index (κ3) is 1.99. The lowest BCUT2D eigenvalue weighted by molar-refractivity contribution is -0.117. The number of amides is 1. The Labute approximate surface area is 91.9 Å². The van der Waals surface area contributed by atoms with Crippen molar-refractivity contribution in [3.63, 3.8) is 0 Å². The van der Waals surface area contributed by atoms with Gasteiger partial charge in [0, 0.05) is 24.7 Å². The van der Waals surface area contributed by atoms with Gasteiger partial charge in [-0.1, -0.05) is 0 Å². The quantitative estimate of drug-likeness (QED) is 0.561. The third-order valence-corrected chi connectivity index (χ3v) is 2.55. The number of hydrogen-bond donors (Lipinski definition) is 0. The van der Waals surface area contributed by atoms with Gasteiger partial charge in [0.2, 0.25) is 5.91 Å². The number of aldehydes is 1. The van der Waals surface area contributed by atoms with E-state index in [0.29, 0.717) is 30.6 Å². The van der Waals surface area contributed by atoms with Crippen LogP contribution in [0.3, 0.4) is 0 Å². The number of alkyl halides is 1. The molecule has 1 aliphatic rings. The Hall–Kier alpha value is -1.42. The summed E-state index contributed by atoms with van der Waals surface area (Å²) in [5.41, 5.74) is 0.493. The molecule has 0 N–H and O–H groups in total. The molecule has 1 fully saturated rings. The largest absolute Gasteiger partial charge is 0.298 e. The molecular weight excluding hydrogens is 216 g/mol. The molecule has 1 aliphatic heterocycles. The van der Waals surface area contributed by atoms with Crippen molar-refractivity contribution in [1.29, 1.82) is 0 Å². The van der Waals surface area contributed by atoms with E-state index >= 15 is 0 Å². The van der Waals surface area contributed by atoms with Crippen LogP contribution in [0.2, 0.25) is 0 Å². The highest BCUT2D eigenvalue weighted by molar-refractivity contribution is 6.24. The lowest BCUT2D eigenvalue weighted by Gasteiger charge is -2.13. The summed E-state index contributed by atoms with van der Waals surface area (Å²) in [4.78, 5) is 27.5. The molecule has 0 aliphatic carbocycles. The average Bonchev–Trinajstić information content (AvgIpc) is 2.58. The second kappa shape index (κ2) is 3.98. The summed E-state index contributed by atoms with van der Waals surface area (Å²) in [6.45, 7) is 0.480. The van der Waals surface area contributed by atoms with Crippen LogP contribution in [0.15, 0.2) is 18.3 Å². The Bertz CT molecular complexity index is 391. The fraction of sp³-hybridized carbons (Fsp3) is 0.300. The predicted molar refractivity (Wildman–Crippen MR) is 56.2 cm³/mol. The number of pyridine rings is 1.